The van der Waals surface area contributed by atoms with Crippen molar-refractivity contribution >= 4 is 20.4 Å². The largest absolute Gasteiger partial charge is 0.477 e. The molecule has 0 spiro atoms. The number of hydrogen-bond donors (Lipinski definition) is 2. The van der Waals surface area contributed by atoms with Crippen LogP contribution in [0.5, 0.6) is 0 Å². The van der Waals surface area contributed by atoms with Crippen molar-refractivity contribution < 1.29 is 38.1 Å². The zero-order valence-corrected chi connectivity index (χ0v) is 22.7. The zero-order valence-electron chi connectivity index (χ0n) is 21.7. The molecule has 1 amide bonds. The van der Waals surface area contributed by atoms with Crippen LogP contribution in [0.1, 0.15) is 61.3 Å². The quantitative estimate of drug-likeness (QED) is 0.249. The maximum absolute atomic E-state index is 11.9. The molecular weight excluding hydrogens is 446 g/mol. The van der Waals surface area contributed by atoms with Gasteiger partial charge < -0.3 is 28.5 Å². The fraction of sp³-hybridized carbons (Fsp3) is 0.826. The van der Waals surface area contributed by atoms with Gasteiger partial charge in [0.15, 0.2) is 14.1 Å². The summed E-state index contributed by atoms with van der Waals surface area (Å²) in [5.74, 6) is -1.90. The molecular formula is C23H43NO8Si. The summed E-state index contributed by atoms with van der Waals surface area (Å²) in [5, 5.41) is 11.6. The van der Waals surface area contributed by atoms with Gasteiger partial charge in [0, 0.05) is 6.42 Å². The number of ether oxygens (including phenoxy) is 4. The molecule has 1 saturated heterocycles. The first-order valence-corrected chi connectivity index (χ1v) is 14.3. The smallest absolute Gasteiger partial charge is 0.412 e. The lowest BCUT2D eigenvalue weighted by Crippen LogP contribution is -2.45. The van der Waals surface area contributed by atoms with E-state index in [2.05, 4.69) is 39.2 Å². The lowest BCUT2D eigenvalue weighted by atomic mass is 10.1. The van der Waals surface area contributed by atoms with Crippen LogP contribution in [0.15, 0.2) is 11.8 Å². The third-order valence-corrected chi connectivity index (χ3v) is 10.2. The predicted octanol–water partition coefficient (Wildman–Crippen LogP) is 4.43. The third-order valence-electron chi connectivity index (χ3n) is 5.66. The summed E-state index contributed by atoms with van der Waals surface area (Å²) < 4.78 is 28.8. The molecule has 0 aromatic carbocycles. The molecule has 0 bridgehead atoms. The minimum atomic E-state index is -2.06. The number of alkyl carbamates (subject to hydrolysis) is 1. The highest BCUT2D eigenvalue weighted by molar-refractivity contribution is 6.74. The Labute approximate surface area is 199 Å². The van der Waals surface area contributed by atoms with E-state index in [1.165, 1.54) is 6.08 Å². The molecule has 33 heavy (non-hydrogen) atoms. The molecule has 1 aliphatic rings. The number of amides is 1. The van der Waals surface area contributed by atoms with Crippen LogP contribution in [0.2, 0.25) is 18.1 Å². The van der Waals surface area contributed by atoms with Crippen molar-refractivity contribution in [1.82, 2.24) is 5.32 Å². The molecule has 1 rings (SSSR count). The second-order valence-electron chi connectivity index (χ2n) is 11.0. The first-order chi connectivity index (χ1) is 14.9. The normalized spacial score (nSPS) is 18.2. The molecule has 10 heteroatoms. The number of aliphatic carboxylic acids is 1. The van der Waals surface area contributed by atoms with Crippen molar-refractivity contribution in [2.24, 2.45) is 0 Å². The number of carboxylic acids is 1. The van der Waals surface area contributed by atoms with Gasteiger partial charge in [0.2, 0.25) is 0 Å². The first-order valence-electron chi connectivity index (χ1n) is 11.4. The molecule has 1 heterocycles. The van der Waals surface area contributed by atoms with Gasteiger partial charge in [0.05, 0.1) is 32.5 Å². The Morgan fingerprint density at radius 2 is 1.73 bits per heavy atom. The second-order valence-corrected chi connectivity index (χ2v) is 15.7. The summed E-state index contributed by atoms with van der Waals surface area (Å²) in [5.41, 5.74) is -1.03. The Bertz CT molecular complexity index is 688. The number of carboxylic acid groups (broad SMARTS) is 1. The molecule has 9 nitrogen and oxygen atoms in total. The number of rotatable bonds is 11. The average Bonchev–Trinajstić information content (AvgIpc) is 3.06. The SMILES string of the molecule is CC(C)(C)OC(=O)N/C(=C/COCC(CCC1(C)OCCO1)O[Si](C)(C)C(C)(C)C)C(=O)O. The molecule has 0 aromatic rings. The summed E-state index contributed by atoms with van der Waals surface area (Å²) in [4.78, 5) is 23.4. The van der Waals surface area contributed by atoms with Gasteiger partial charge in [-0.1, -0.05) is 20.8 Å². The Kier molecular flexibility index (Phi) is 10.6. The van der Waals surface area contributed by atoms with Crippen LogP contribution in [0.25, 0.3) is 0 Å². The minimum absolute atomic E-state index is 0.000932. The second kappa shape index (κ2) is 11.8. The fourth-order valence-electron chi connectivity index (χ4n) is 2.84. The third kappa shape index (κ3) is 11.0. The van der Waals surface area contributed by atoms with E-state index in [4.69, 9.17) is 23.4 Å². The Hall–Kier alpha value is -1.46. The Balaban J connectivity index is 2.75. The molecule has 1 unspecified atom stereocenters. The van der Waals surface area contributed by atoms with Crippen molar-refractivity contribution in [2.75, 3.05) is 26.4 Å². The first kappa shape index (κ1) is 29.6. The molecule has 1 atom stereocenters. The van der Waals surface area contributed by atoms with E-state index in [-0.39, 0.29) is 30.1 Å². The summed E-state index contributed by atoms with van der Waals surface area (Å²) in [7, 11) is -2.06. The maximum Gasteiger partial charge on any atom is 0.412 e. The maximum atomic E-state index is 11.9. The van der Waals surface area contributed by atoms with Gasteiger partial charge in [-0.05, 0) is 58.3 Å². The van der Waals surface area contributed by atoms with Gasteiger partial charge >= 0.3 is 12.1 Å². The lowest BCUT2D eigenvalue weighted by molar-refractivity contribution is -0.151. The van der Waals surface area contributed by atoms with Gasteiger partial charge in [0.25, 0.3) is 0 Å². The molecule has 0 aromatic heterocycles. The molecule has 0 aliphatic carbocycles. The summed E-state index contributed by atoms with van der Waals surface area (Å²) >= 11 is 0. The minimum Gasteiger partial charge on any atom is -0.477 e. The summed E-state index contributed by atoms with van der Waals surface area (Å²) in [6.07, 6.45) is 1.61. The fourth-order valence-corrected chi connectivity index (χ4v) is 4.21. The van der Waals surface area contributed by atoms with Gasteiger partial charge in [-0.25, -0.2) is 9.59 Å². The standard InChI is InChI=1S/C23H43NO8Si/c1-21(2,3)31-20(27)24-18(19(25)26)11-13-28-16-17(32-33(8,9)22(4,5)6)10-12-23(7)29-14-15-30-23/h11,17H,10,12-16H2,1-9H3,(H,24,27)(H,25,26)/b18-11+. The van der Waals surface area contributed by atoms with Crippen LogP contribution in [0, 0.1) is 0 Å². The van der Waals surface area contributed by atoms with Crippen LogP contribution < -0.4 is 5.32 Å². The van der Waals surface area contributed by atoms with Crippen molar-refractivity contribution in [3.63, 3.8) is 0 Å². The summed E-state index contributed by atoms with van der Waals surface area (Å²) in [6.45, 7) is 19.3. The Morgan fingerprint density at radius 1 is 1.15 bits per heavy atom. The van der Waals surface area contributed by atoms with Crippen molar-refractivity contribution in [3.05, 3.63) is 11.8 Å². The highest BCUT2D eigenvalue weighted by Gasteiger charge is 2.40. The highest BCUT2D eigenvalue weighted by Crippen LogP contribution is 2.38. The van der Waals surface area contributed by atoms with Crippen LogP contribution in [0.4, 0.5) is 4.79 Å². The van der Waals surface area contributed by atoms with Crippen molar-refractivity contribution in [3.8, 4) is 0 Å². The van der Waals surface area contributed by atoms with E-state index < -0.39 is 31.8 Å². The summed E-state index contributed by atoms with van der Waals surface area (Å²) in [6, 6.07) is 0. The van der Waals surface area contributed by atoms with Gasteiger partial charge in [-0.15, -0.1) is 0 Å². The molecule has 1 fully saturated rings. The van der Waals surface area contributed by atoms with E-state index >= 15 is 0 Å². The van der Waals surface area contributed by atoms with E-state index in [9.17, 15) is 14.7 Å². The van der Waals surface area contributed by atoms with E-state index in [1.807, 2.05) is 6.92 Å². The van der Waals surface area contributed by atoms with Gasteiger partial charge in [-0.2, -0.15) is 0 Å². The topological polar surface area (TPSA) is 113 Å². The lowest BCUT2D eigenvalue weighted by Gasteiger charge is -2.39. The van der Waals surface area contributed by atoms with Crippen LogP contribution in [-0.4, -0.2) is 69.4 Å². The van der Waals surface area contributed by atoms with Crippen LogP contribution in [0.3, 0.4) is 0 Å². The predicted molar refractivity (Wildman–Crippen MR) is 128 cm³/mol. The number of carbonyl (C=O) groups excluding carboxylic acids is 1. The number of hydrogen-bond acceptors (Lipinski definition) is 7. The van der Waals surface area contributed by atoms with E-state index in [1.54, 1.807) is 20.8 Å². The van der Waals surface area contributed by atoms with Gasteiger partial charge in [0.1, 0.15) is 11.3 Å². The monoisotopic (exact) mass is 489 g/mol. The van der Waals surface area contributed by atoms with Gasteiger partial charge in [-0.3, -0.25) is 5.32 Å². The van der Waals surface area contributed by atoms with Crippen molar-refractivity contribution in [1.29, 1.82) is 0 Å². The molecule has 0 radical (unpaired) electrons. The number of nitrogens with one attached hydrogen (secondary N) is 1. The molecule has 192 valence electrons. The zero-order chi connectivity index (χ0) is 25.5. The Morgan fingerprint density at radius 3 is 2.21 bits per heavy atom. The highest BCUT2D eigenvalue weighted by atomic mass is 28.4. The van der Waals surface area contributed by atoms with E-state index in [0.29, 0.717) is 26.1 Å². The van der Waals surface area contributed by atoms with Crippen LogP contribution >= 0.6 is 0 Å². The van der Waals surface area contributed by atoms with Crippen molar-refractivity contribution in [2.45, 2.75) is 96.9 Å². The molecule has 0 saturated carbocycles. The van der Waals surface area contributed by atoms with Crippen LogP contribution in [-0.2, 0) is 28.2 Å². The molecule has 2 N–H and O–H groups in total. The average molecular weight is 490 g/mol. The van der Waals surface area contributed by atoms with E-state index in [0.717, 1.165) is 0 Å². The number of carbonyl (C=O) groups is 2. The molecule has 1 aliphatic heterocycles.